The lowest BCUT2D eigenvalue weighted by atomic mass is 9.99. The number of carbonyl (C=O) groups is 1. The van der Waals surface area contributed by atoms with Gasteiger partial charge >= 0.3 is 0 Å². The maximum atomic E-state index is 11.9. The van der Waals surface area contributed by atoms with Gasteiger partial charge in [0.05, 0.1) is 18.9 Å². The lowest BCUT2D eigenvalue weighted by molar-refractivity contribution is 0.0284. The van der Waals surface area contributed by atoms with Crippen molar-refractivity contribution in [2.45, 2.75) is 19.1 Å². The molecule has 1 atom stereocenters. The van der Waals surface area contributed by atoms with Crippen LogP contribution < -0.4 is 5.32 Å². The number of aromatic nitrogens is 3. The molecule has 20 heavy (non-hydrogen) atoms. The van der Waals surface area contributed by atoms with Crippen LogP contribution in [0.4, 0.5) is 0 Å². The van der Waals surface area contributed by atoms with Crippen LogP contribution in [-0.2, 0) is 24.8 Å². The van der Waals surface area contributed by atoms with Crippen LogP contribution in [0.1, 0.15) is 21.6 Å². The third kappa shape index (κ3) is 2.70. The minimum absolute atomic E-state index is 0.00511. The Kier molecular flexibility index (Phi) is 3.47. The van der Waals surface area contributed by atoms with Gasteiger partial charge in [-0.05, 0) is 11.1 Å². The summed E-state index contributed by atoms with van der Waals surface area (Å²) in [6, 6.07) is 8.22. The van der Waals surface area contributed by atoms with Gasteiger partial charge in [0.1, 0.15) is 0 Å². The second kappa shape index (κ2) is 5.42. The number of aryl methyl sites for hydroxylation is 1. The van der Waals surface area contributed by atoms with Gasteiger partial charge in [-0.25, -0.2) is 0 Å². The molecule has 0 fully saturated rings. The zero-order valence-corrected chi connectivity index (χ0v) is 11.2. The number of benzene rings is 1. The summed E-state index contributed by atoms with van der Waals surface area (Å²) in [6.45, 7) is 1.07. The van der Waals surface area contributed by atoms with Crippen LogP contribution in [0, 0.1) is 0 Å². The van der Waals surface area contributed by atoms with E-state index in [1.807, 2.05) is 12.1 Å². The summed E-state index contributed by atoms with van der Waals surface area (Å²) < 4.78 is 7.24. The largest absolute Gasteiger partial charge is 0.371 e. The monoisotopic (exact) mass is 272 g/mol. The molecule has 0 saturated carbocycles. The normalized spacial score (nSPS) is 17.6. The van der Waals surface area contributed by atoms with Crippen molar-refractivity contribution < 1.29 is 9.53 Å². The Balaban J connectivity index is 1.56. The molecule has 0 radical (unpaired) electrons. The molecule has 1 amide bonds. The number of fused-ring (bicyclic) bond motifs is 1. The Morgan fingerprint density at radius 1 is 1.45 bits per heavy atom. The van der Waals surface area contributed by atoms with Gasteiger partial charge in [-0.1, -0.05) is 29.5 Å². The van der Waals surface area contributed by atoms with Crippen molar-refractivity contribution in [1.29, 1.82) is 0 Å². The Bertz CT molecular complexity index is 623. The number of nitrogens with zero attached hydrogens (tertiary/aromatic N) is 3. The first-order chi connectivity index (χ1) is 9.72. The number of amides is 1. The zero-order chi connectivity index (χ0) is 13.9. The Hall–Kier alpha value is -2.21. The molecular weight excluding hydrogens is 256 g/mol. The summed E-state index contributed by atoms with van der Waals surface area (Å²) >= 11 is 0. The fraction of sp³-hybridized carbons (Fsp3) is 0.357. The van der Waals surface area contributed by atoms with E-state index in [-0.39, 0.29) is 12.0 Å². The van der Waals surface area contributed by atoms with Crippen molar-refractivity contribution in [3.63, 3.8) is 0 Å². The summed E-state index contributed by atoms with van der Waals surface area (Å²) in [5, 5.41) is 10.3. The maximum Gasteiger partial charge on any atom is 0.273 e. The van der Waals surface area contributed by atoms with Crippen LogP contribution in [0.2, 0.25) is 0 Å². The third-order valence-electron chi connectivity index (χ3n) is 3.37. The summed E-state index contributed by atoms with van der Waals surface area (Å²) in [5.41, 5.74) is 2.84. The van der Waals surface area contributed by atoms with E-state index in [4.69, 9.17) is 4.74 Å². The highest BCUT2D eigenvalue weighted by molar-refractivity contribution is 5.91. The second-order valence-corrected chi connectivity index (χ2v) is 4.89. The average Bonchev–Trinajstić information content (AvgIpc) is 2.91. The Morgan fingerprint density at radius 3 is 3.00 bits per heavy atom. The molecule has 1 aromatic carbocycles. The van der Waals surface area contributed by atoms with Crippen LogP contribution in [0.5, 0.6) is 0 Å². The summed E-state index contributed by atoms with van der Waals surface area (Å²) in [6.07, 6.45) is 2.41. The van der Waals surface area contributed by atoms with Gasteiger partial charge in [0.2, 0.25) is 0 Å². The van der Waals surface area contributed by atoms with Crippen LogP contribution in [-0.4, -0.2) is 33.5 Å². The Morgan fingerprint density at radius 2 is 2.25 bits per heavy atom. The van der Waals surface area contributed by atoms with E-state index in [0.717, 1.165) is 6.42 Å². The van der Waals surface area contributed by atoms with E-state index in [0.29, 0.717) is 18.8 Å². The zero-order valence-electron chi connectivity index (χ0n) is 11.2. The molecule has 1 N–H and O–H groups in total. The van der Waals surface area contributed by atoms with Crippen molar-refractivity contribution in [2.75, 3.05) is 6.54 Å². The number of ether oxygens (including phenoxy) is 1. The average molecular weight is 272 g/mol. The van der Waals surface area contributed by atoms with Crippen LogP contribution in [0.3, 0.4) is 0 Å². The third-order valence-corrected chi connectivity index (χ3v) is 3.37. The van der Waals surface area contributed by atoms with Crippen molar-refractivity contribution in [2.24, 2.45) is 7.05 Å². The SMILES string of the molecule is Cn1cc(C(=O)NC[C@@H]2Cc3ccccc3CO2)nn1. The highest BCUT2D eigenvalue weighted by atomic mass is 16.5. The van der Waals surface area contributed by atoms with Crippen molar-refractivity contribution in [1.82, 2.24) is 20.3 Å². The molecule has 2 aromatic rings. The topological polar surface area (TPSA) is 69.0 Å². The van der Waals surface area contributed by atoms with Crippen LogP contribution in [0.25, 0.3) is 0 Å². The second-order valence-electron chi connectivity index (χ2n) is 4.89. The van der Waals surface area contributed by atoms with E-state index >= 15 is 0 Å². The first-order valence-corrected chi connectivity index (χ1v) is 6.55. The fourth-order valence-corrected chi connectivity index (χ4v) is 2.29. The predicted octanol–water partition coefficient (Wildman–Crippen LogP) is 0.686. The number of hydrogen-bond donors (Lipinski definition) is 1. The molecule has 3 rings (SSSR count). The number of nitrogens with one attached hydrogen (secondary N) is 1. The van der Waals surface area contributed by atoms with E-state index < -0.39 is 0 Å². The van der Waals surface area contributed by atoms with Crippen LogP contribution in [0.15, 0.2) is 30.5 Å². The highest BCUT2D eigenvalue weighted by Gasteiger charge is 2.20. The minimum Gasteiger partial charge on any atom is -0.371 e. The van der Waals surface area contributed by atoms with Gasteiger partial charge in [-0.15, -0.1) is 5.10 Å². The molecule has 0 saturated heterocycles. The number of hydrogen-bond acceptors (Lipinski definition) is 4. The van der Waals surface area contributed by atoms with E-state index in [9.17, 15) is 4.79 Å². The molecule has 6 nitrogen and oxygen atoms in total. The van der Waals surface area contributed by atoms with Gasteiger partial charge in [0, 0.05) is 20.0 Å². The quantitative estimate of drug-likeness (QED) is 0.892. The Labute approximate surface area is 116 Å². The molecular formula is C14H16N4O2. The van der Waals surface area contributed by atoms with E-state index in [1.54, 1.807) is 13.2 Å². The molecule has 1 aliphatic rings. The van der Waals surface area contributed by atoms with Crippen molar-refractivity contribution in [3.8, 4) is 0 Å². The molecule has 104 valence electrons. The van der Waals surface area contributed by atoms with Gasteiger partial charge in [0.25, 0.3) is 5.91 Å². The molecule has 0 bridgehead atoms. The van der Waals surface area contributed by atoms with E-state index in [2.05, 4.69) is 27.8 Å². The molecule has 1 aliphatic heterocycles. The highest BCUT2D eigenvalue weighted by Crippen LogP contribution is 2.19. The van der Waals surface area contributed by atoms with Crippen molar-refractivity contribution in [3.05, 3.63) is 47.3 Å². The lowest BCUT2D eigenvalue weighted by Gasteiger charge is -2.25. The summed E-state index contributed by atoms with van der Waals surface area (Å²) in [7, 11) is 1.73. The molecule has 0 unspecified atom stereocenters. The van der Waals surface area contributed by atoms with E-state index in [1.165, 1.54) is 15.8 Å². The number of carbonyl (C=O) groups excluding carboxylic acids is 1. The lowest BCUT2D eigenvalue weighted by Crippen LogP contribution is -2.36. The molecule has 6 heteroatoms. The predicted molar refractivity (Wildman–Crippen MR) is 72.1 cm³/mol. The standard InChI is InChI=1S/C14H16N4O2/c1-18-8-13(16-17-18)14(19)15-7-12-6-10-4-2-3-5-11(10)9-20-12/h2-5,8,12H,6-7,9H2,1H3,(H,15,19)/t12-/m0/s1. The van der Waals surface area contributed by atoms with Gasteiger partial charge in [-0.3, -0.25) is 9.48 Å². The summed E-state index contributed by atoms with van der Waals surface area (Å²) in [4.78, 5) is 11.9. The van der Waals surface area contributed by atoms with Gasteiger partial charge in [-0.2, -0.15) is 0 Å². The summed E-state index contributed by atoms with van der Waals surface area (Å²) in [5.74, 6) is -0.222. The first kappa shape index (κ1) is 12.8. The minimum atomic E-state index is -0.222. The van der Waals surface area contributed by atoms with Crippen molar-refractivity contribution >= 4 is 5.91 Å². The first-order valence-electron chi connectivity index (χ1n) is 6.55. The molecule has 0 spiro atoms. The smallest absolute Gasteiger partial charge is 0.273 e. The van der Waals surface area contributed by atoms with Gasteiger partial charge < -0.3 is 10.1 Å². The van der Waals surface area contributed by atoms with Gasteiger partial charge in [0.15, 0.2) is 5.69 Å². The van der Waals surface area contributed by atoms with Crippen LogP contribution >= 0.6 is 0 Å². The maximum absolute atomic E-state index is 11.9. The fourth-order valence-electron chi connectivity index (χ4n) is 2.29. The molecule has 0 aliphatic carbocycles. The number of rotatable bonds is 3. The molecule has 2 heterocycles. The molecule has 1 aromatic heterocycles.